The number of ether oxygens (including phenoxy) is 1. The van der Waals surface area contributed by atoms with Gasteiger partial charge in [0, 0.05) is 30.2 Å². The molecule has 3 unspecified atom stereocenters. The summed E-state index contributed by atoms with van der Waals surface area (Å²) >= 11 is 1.04. The number of piperidine rings is 1. The number of hydrogen-bond donors (Lipinski definition) is 1. The average Bonchev–Trinajstić information content (AvgIpc) is 3.46. The SMILES string of the molecule is CC(O[Si](C)(C)C)(c1cc(-c2nccs2)c2oc(N3CC4CC(C3)N4C(=O)O)nc2c1OC(F)(F)F)C(F)(F)F. The molecule has 3 aliphatic rings. The molecular weight excluding hydrogens is 586 g/mol. The summed E-state index contributed by atoms with van der Waals surface area (Å²) in [6.07, 6.45) is -9.62. The lowest BCUT2D eigenvalue weighted by atomic mass is 9.88. The van der Waals surface area contributed by atoms with Crippen molar-refractivity contribution in [3.05, 3.63) is 23.2 Å². The first-order valence-electron chi connectivity index (χ1n) is 12.0. The zero-order chi connectivity index (χ0) is 29.4. The minimum absolute atomic E-state index is 0.0164. The van der Waals surface area contributed by atoms with Crippen LogP contribution in [0.25, 0.3) is 21.7 Å². The molecule has 3 fully saturated rings. The first kappa shape index (κ1) is 28.5. The monoisotopic (exact) mass is 610 g/mol. The fourth-order valence-corrected chi connectivity index (χ4v) is 7.33. The molecule has 1 N–H and O–H groups in total. The Balaban J connectivity index is 1.75. The number of hydrogen-bond acceptors (Lipinski definition) is 8. The molecule has 1 amide bonds. The lowest BCUT2D eigenvalue weighted by molar-refractivity contribution is -0.278. The molecule has 0 aliphatic carbocycles. The van der Waals surface area contributed by atoms with E-state index in [1.807, 2.05) is 0 Å². The van der Waals surface area contributed by atoms with Crippen molar-refractivity contribution in [3.63, 3.8) is 0 Å². The number of nitrogens with zero attached hydrogens (tertiary/aromatic N) is 4. The first-order chi connectivity index (χ1) is 18.4. The van der Waals surface area contributed by atoms with Crippen molar-refractivity contribution in [2.45, 2.75) is 63.2 Å². The lowest BCUT2D eigenvalue weighted by Crippen LogP contribution is -2.70. The van der Waals surface area contributed by atoms with E-state index in [1.54, 1.807) is 10.3 Å². The Bertz CT molecular complexity index is 1430. The molecule has 0 radical (unpaired) electrons. The van der Waals surface area contributed by atoms with E-state index in [4.69, 9.17) is 8.84 Å². The summed E-state index contributed by atoms with van der Waals surface area (Å²) < 4.78 is 101. The topological polar surface area (TPSA) is 101 Å². The molecule has 0 spiro atoms. The Hall–Kier alpha value is -3.05. The van der Waals surface area contributed by atoms with Gasteiger partial charge in [-0.05, 0) is 39.1 Å². The highest BCUT2D eigenvalue weighted by molar-refractivity contribution is 7.13. The summed E-state index contributed by atoms with van der Waals surface area (Å²) in [5, 5.41) is 11.1. The maximum Gasteiger partial charge on any atom is 0.573 e. The van der Waals surface area contributed by atoms with Crippen LogP contribution in [0.2, 0.25) is 19.6 Å². The van der Waals surface area contributed by atoms with Gasteiger partial charge in [-0.25, -0.2) is 9.78 Å². The molecule has 3 saturated heterocycles. The Kier molecular flexibility index (Phi) is 6.57. The van der Waals surface area contributed by atoms with E-state index < -0.39 is 49.4 Å². The van der Waals surface area contributed by atoms with Gasteiger partial charge in [0.25, 0.3) is 6.01 Å². The number of carboxylic acid groups (broad SMARTS) is 1. The Morgan fingerprint density at radius 1 is 1.18 bits per heavy atom. The summed E-state index contributed by atoms with van der Waals surface area (Å²) in [5.41, 5.74) is -4.97. The number of alkyl halides is 6. The zero-order valence-electron chi connectivity index (χ0n) is 21.6. The minimum Gasteiger partial charge on any atom is -0.465 e. The number of piperazine rings is 1. The van der Waals surface area contributed by atoms with Crippen molar-refractivity contribution in [1.82, 2.24) is 14.9 Å². The van der Waals surface area contributed by atoms with Crippen molar-refractivity contribution in [2.24, 2.45) is 0 Å². The van der Waals surface area contributed by atoms with Crippen LogP contribution in [-0.2, 0) is 10.0 Å². The highest BCUT2D eigenvalue weighted by Gasteiger charge is 2.58. The fourth-order valence-electron chi connectivity index (χ4n) is 5.23. The quantitative estimate of drug-likeness (QED) is 0.252. The first-order valence-corrected chi connectivity index (χ1v) is 16.3. The smallest absolute Gasteiger partial charge is 0.465 e. The lowest BCUT2D eigenvalue weighted by Gasteiger charge is -2.54. The molecular formula is C23H24F6N4O5SSi. The molecule has 3 aromatic rings. The van der Waals surface area contributed by atoms with Crippen LogP contribution in [0.4, 0.5) is 37.2 Å². The third-order valence-corrected chi connectivity index (χ3v) is 8.57. The van der Waals surface area contributed by atoms with Crippen molar-refractivity contribution < 1.29 is 49.8 Å². The molecule has 3 atom stereocenters. The second-order valence-electron chi connectivity index (χ2n) is 10.7. The molecule has 40 heavy (non-hydrogen) atoms. The van der Waals surface area contributed by atoms with Gasteiger partial charge < -0.3 is 23.6 Å². The predicted octanol–water partition coefficient (Wildman–Crippen LogP) is 6.42. The summed E-state index contributed by atoms with van der Waals surface area (Å²) in [5.74, 6) is -1.19. The van der Waals surface area contributed by atoms with Crippen LogP contribution >= 0.6 is 11.3 Å². The van der Waals surface area contributed by atoms with Gasteiger partial charge in [-0.1, -0.05) is 0 Å². The van der Waals surface area contributed by atoms with Crippen molar-refractivity contribution >= 4 is 42.9 Å². The van der Waals surface area contributed by atoms with Gasteiger partial charge in [-0.15, -0.1) is 24.5 Å². The van der Waals surface area contributed by atoms with Gasteiger partial charge >= 0.3 is 18.6 Å². The number of rotatable bonds is 6. The normalized spacial score (nSPS) is 21.4. The molecule has 5 heterocycles. The number of anilines is 1. The molecule has 2 bridgehead atoms. The fraction of sp³-hybridized carbons (Fsp3) is 0.522. The maximum atomic E-state index is 14.7. The van der Waals surface area contributed by atoms with E-state index in [9.17, 15) is 36.2 Å². The second-order valence-corrected chi connectivity index (χ2v) is 16.1. The maximum absolute atomic E-state index is 14.7. The van der Waals surface area contributed by atoms with Crippen molar-refractivity contribution in [2.75, 3.05) is 18.0 Å². The summed E-state index contributed by atoms with van der Waals surface area (Å²) in [6.45, 7) is 5.40. The summed E-state index contributed by atoms with van der Waals surface area (Å²) in [6, 6.07) is -0.0313. The van der Waals surface area contributed by atoms with Crippen LogP contribution in [-0.4, -0.2) is 72.1 Å². The van der Waals surface area contributed by atoms with Crippen LogP contribution in [0.5, 0.6) is 5.75 Å². The van der Waals surface area contributed by atoms with Crippen molar-refractivity contribution in [3.8, 4) is 16.3 Å². The predicted molar refractivity (Wildman–Crippen MR) is 134 cm³/mol. The number of thiazole rings is 1. The second kappa shape index (κ2) is 9.24. The molecule has 3 aliphatic heterocycles. The number of halogens is 6. The number of oxazole rings is 1. The number of benzene rings is 1. The highest BCUT2D eigenvalue weighted by atomic mass is 32.1. The van der Waals surface area contributed by atoms with E-state index in [1.165, 1.54) is 30.7 Å². The van der Waals surface area contributed by atoms with Gasteiger partial charge in [0.1, 0.15) is 5.01 Å². The Morgan fingerprint density at radius 2 is 1.82 bits per heavy atom. The molecule has 9 nitrogen and oxygen atoms in total. The number of fused-ring (bicyclic) bond motifs is 3. The standard InChI is InChI=1S/C23H24F6N4O5SSi/c1-21(22(24,25)26,38-40(2,3)4)14-8-13(18-30-5-6-39-18)16-15(17(14)37-23(27,28)29)31-19(36-16)32-9-11-7-12(10-32)33(11)20(34)35/h5-6,8,11-12H,7,9-10H2,1-4H3,(H,34,35). The van der Waals surface area contributed by atoms with Gasteiger partial charge in [0.05, 0.1) is 17.6 Å². The van der Waals surface area contributed by atoms with Crippen LogP contribution in [0.15, 0.2) is 22.1 Å². The molecule has 0 saturated carbocycles. The van der Waals surface area contributed by atoms with Crippen LogP contribution < -0.4 is 9.64 Å². The number of aromatic nitrogens is 2. The number of carbonyl (C=O) groups is 1. The molecule has 17 heteroatoms. The van der Waals surface area contributed by atoms with Gasteiger partial charge in [0.2, 0.25) is 0 Å². The van der Waals surface area contributed by atoms with Crippen molar-refractivity contribution in [1.29, 1.82) is 0 Å². The molecule has 2 aromatic heterocycles. The third-order valence-electron chi connectivity index (χ3n) is 6.74. The zero-order valence-corrected chi connectivity index (χ0v) is 23.4. The van der Waals surface area contributed by atoms with Crippen LogP contribution in [0.3, 0.4) is 0 Å². The third kappa shape index (κ3) is 4.98. The Morgan fingerprint density at radius 3 is 2.33 bits per heavy atom. The van der Waals surface area contributed by atoms with E-state index >= 15 is 0 Å². The van der Waals surface area contributed by atoms with Gasteiger partial charge in [0.15, 0.2) is 30.8 Å². The Labute approximate surface area is 228 Å². The molecule has 6 rings (SSSR count). The van der Waals surface area contributed by atoms with E-state index in [2.05, 4.69) is 14.7 Å². The highest BCUT2D eigenvalue weighted by Crippen LogP contribution is 2.52. The summed E-state index contributed by atoms with van der Waals surface area (Å²) in [4.78, 5) is 22.7. The molecule has 218 valence electrons. The average molecular weight is 611 g/mol. The van der Waals surface area contributed by atoms with Crippen LogP contribution in [0.1, 0.15) is 18.9 Å². The molecule has 1 aromatic carbocycles. The van der Waals surface area contributed by atoms with E-state index in [-0.39, 0.29) is 47.3 Å². The van der Waals surface area contributed by atoms with Crippen LogP contribution in [0, 0.1) is 0 Å². The largest absolute Gasteiger partial charge is 0.573 e. The van der Waals surface area contributed by atoms with Gasteiger partial charge in [-0.3, -0.25) is 4.90 Å². The van der Waals surface area contributed by atoms with Gasteiger partial charge in [-0.2, -0.15) is 18.2 Å². The number of amides is 1. The van der Waals surface area contributed by atoms with E-state index in [0.717, 1.165) is 17.4 Å². The summed E-state index contributed by atoms with van der Waals surface area (Å²) in [7, 11) is -3.03. The minimum atomic E-state index is -5.37. The van der Waals surface area contributed by atoms with E-state index in [0.29, 0.717) is 13.3 Å².